The van der Waals surface area contributed by atoms with Crippen molar-refractivity contribution in [2.45, 2.75) is 63.2 Å². The molecule has 2 aromatic carbocycles. The number of aromatic nitrogens is 1. The van der Waals surface area contributed by atoms with Crippen molar-refractivity contribution in [2.75, 3.05) is 17.7 Å². The van der Waals surface area contributed by atoms with Gasteiger partial charge in [-0.1, -0.05) is 49.7 Å². The highest BCUT2D eigenvalue weighted by atomic mass is 32.2. The van der Waals surface area contributed by atoms with E-state index < -0.39 is 15.9 Å². The molecule has 10 heteroatoms. The fraction of sp³-hybridized carbons (Fsp3) is 0.462. The maximum absolute atomic E-state index is 13.4. The van der Waals surface area contributed by atoms with Gasteiger partial charge in [0.25, 0.3) is 5.91 Å². The number of anilines is 1. The van der Waals surface area contributed by atoms with Crippen molar-refractivity contribution in [1.82, 2.24) is 4.98 Å². The molecule has 1 aliphatic rings. The van der Waals surface area contributed by atoms with Gasteiger partial charge in [-0.05, 0) is 59.7 Å². The van der Waals surface area contributed by atoms with Gasteiger partial charge in [0.2, 0.25) is 0 Å². The number of nitrogens with one attached hydrogen (secondary N) is 1. The average molecular weight is 533 g/mol. The molecule has 0 spiro atoms. The molecule has 8 nitrogen and oxygen atoms in total. The zero-order valence-electron chi connectivity index (χ0n) is 20.3. The van der Waals surface area contributed by atoms with E-state index in [-0.39, 0.29) is 29.8 Å². The molecular formula is C26H32N2O6S2. The summed E-state index contributed by atoms with van der Waals surface area (Å²) >= 11 is 1.27. The Morgan fingerprint density at radius 3 is 2.42 bits per heavy atom. The number of fused-ring (bicyclic) bond motifs is 1. The van der Waals surface area contributed by atoms with Crippen molar-refractivity contribution in [3.63, 3.8) is 0 Å². The van der Waals surface area contributed by atoms with Crippen LogP contribution in [0.1, 0.15) is 61.8 Å². The summed E-state index contributed by atoms with van der Waals surface area (Å²) in [6, 6.07) is 9.77. The van der Waals surface area contributed by atoms with E-state index in [0.29, 0.717) is 39.9 Å². The second-order valence-corrected chi connectivity index (χ2v) is 12.4. The van der Waals surface area contributed by atoms with Crippen molar-refractivity contribution in [2.24, 2.45) is 5.92 Å². The number of carbonyl (C=O) groups is 1. The minimum Gasteiger partial charge on any atom is -0.392 e. The largest absolute Gasteiger partial charge is 0.392 e. The first kappa shape index (κ1) is 26.7. The van der Waals surface area contributed by atoms with Crippen LogP contribution < -0.4 is 5.32 Å². The molecule has 4 rings (SSSR count). The molecule has 0 radical (unpaired) electrons. The van der Waals surface area contributed by atoms with Crippen LogP contribution in [-0.4, -0.2) is 41.9 Å². The topological polar surface area (TPSA) is 126 Å². The second-order valence-electron chi connectivity index (χ2n) is 9.10. The van der Waals surface area contributed by atoms with E-state index in [4.69, 9.17) is 4.74 Å². The number of ether oxygens (including phenoxy) is 1. The number of nitrogens with zero attached hydrogens (tertiary/aromatic N) is 1. The van der Waals surface area contributed by atoms with E-state index in [1.165, 1.54) is 29.9 Å². The molecule has 0 saturated heterocycles. The number of aliphatic hydroxyl groups excluding tert-OH is 2. The van der Waals surface area contributed by atoms with Gasteiger partial charge < -0.3 is 14.9 Å². The predicted molar refractivity (Wildman–Crippen MR) is 140 cm³/mol. The Hall–Kier alpha value is -2.37. The summed E-state index contributed by atoms with van der Waals surface area (Å²) in [6.45, 7) is 1.63. The van der Waals surface area contributed by atoms with Gasteiger partial charge >= 0.3 is 0 Å². The van der Waals surface area contributed by atoms with Crippen molar-refractivity contribution in [1.29, 1.82) is 0 Å². The monoisotopic (exact) mass is 532 g/mol. The lowest BCUT2D eigenvalue weighted by atomic mass is 9.90. The van der Waals surface area contributed by atoms with Crippen LogP contribution in [0.2, 0.25) is 0 Å². The Labute approximate surface area is 215 Å². The summed E-state index contributed by atoms with van der Waals surface area (Å²) in [6.07, 6.45) is 4.76. The zero-order valence-corrected chi connectivity index (χ0v) is 21.9. The molecule has 1 fully saturated rings. The molecule has 1 saturated carbocycles. The molecule has 0 aliphatic heterocycles. The highest BCUT2D eigenvalue weighted by Crippen LogP contribution is 2.31. The van der Waals surface area contributed by atoms with Crippen LogP contribution in [-0.2, 0) is 32.6 Å². The molecule has 1 aromatic heterocycles. The fourth-order valence-electron chi connectivity index (χ4n) is 4.50. The smallest absolute Gasteiger partial charge is 0.259 e. The number of thiazole rings is 1. The highest BCUT2D eigenvalue weighted by molar-refractivity contribution is 7.91. The van der Waals surface area contributed by atoms with Crippen molar-refractivity contribution < 1.29 is 28.2 Å². The first-order valence-electron chi connectivity index (χ1n) is 12.2. The molecular weight excluding hydrogens is 500 g/mol. The third kappa shape index (κ3) is 6.12. The highest BCUT2D eigenvalue weighted by Gasteiger charge is 2.26. The lowest BCUT2D eigenvalue weighted by Gasteiger charge is -2.24. The van der Waals surface area contributed by atoms with Gasteiger partial charge in [0, 0.05) is 0 Å². The van der Waals surface area contributed by atoms with E-state index in [1.807, 2.05) is 0 Å². The summed E-state index contributed by atoms with van der Waals surface area (Å²) in [7, 11) is -3.35. The van der Waals surface area contributed by atoms with Gasteiger partial charge in [-0.3, -0.25) is 10.1 Å². The molecule has 1 amide bonds. The van der Waals surface area contributed by atoms with Gasteiger partial charge in [-0.15, -0.1) is 0 Å². The predicted octanol–water partition coefficient (Wildman–Crippen LogP) is 4.35. The minimum atomic E-state index is -3.35. The molecule has 1 aliphatic carbocycles. The summed E-state index contributed by atoms with van der Waals surface area (Å²) in [5.41, 5.74) is 2.39. The lowest BCUT2D eigenvalue weighted by molar-refractivity contribution is -0.129. The summed E-state index contributed by atoms with van der Waals surface area (Å²) in [5, 5.41) is 22.3. The summed E-state index contributed by atoms with van der Waals surface area (Å²) in [5.74, 6) is 0.00737. The molecule has 36 heavy (non-hydrogen) atoms. The number of rotatable bonds is 10. The Bertz CT molecular complexity index is 1260. The lowest BCUT2D eigenvalue weighted by Crippen LogP contribution is -2.26. The van der Waals surface area contributed by atoms with E-state index in [9.17, 15) is 23.4 Å². The molecule has 1 unspecified atom stereocenters. The van der Waals surface area contributed by atoms with Crippen LogP contribution in [0, 0.1) is 5.92 Å². The Morgan fingerprint density at radius 2 is 1.78 bits per heavy atom. The third-order valence-corrected chi connectivity index (χ3v) is 9.35. The van der Waals surface area contributed by atoms with Gasteiger partial charge in [0.1, 0.15) is 0 Å². The van der Waals surface area contributed by atoms with Gasteiger partial charge in [-0.25, -0.2) is 13.4 Å². The van der Waals surface area contributed by atoms with Gasteiger partial charge in [-0.2, -0.15) is 0 Å². The maximum atomic E-state index is 13.4. The quantitative estimate of drug-likeness (QED) is 0.354. The van der Waals surface area contributed by atoms with Gasteiger partial charge in [0.05, 0.1) is 40.7 Å². The number of sulfone groups is 1. The van der Waals surface area contributed by atoms with E-state index in [1.54, 1.807) is 31.2 Å². The Balaban J connectivity index is 1.57. The van der Waals surface area contributed by atoms with Crippen LogP contribution in [0.3, 0.4) is 0 Å². The number of amides is 1. The van der Waals surface area contributed by atoms with Crippen LogP contribution >= 0.6 is 11.3 Å². The molecule has 194 valence electrons. The molecule has 1 heterocycles. The SMILES string of the molecule is CCS(=O)(=O)c1ccc(C(OCC2CCCCC2)C(=O)Nc2nc3cc(CO)c(CO)cc3s2)cc1. The Morgan fingerprint density at radius 1 is 1.11 bits per heavy atom. The van der Waals surface area contributed by atoms with Crippen molar-refractivity contribution in [3.05, 3.63) is 53.1 Å². The molecule has 3 N–H and O–H groups in total. The number of hydrogen-bond donors (Lipinski definition) is 3. The first-order valence-corrected chi connectivity index (χ1v) is 14.7. The van der Waals surface area contributed by atoms with Crippen molar-refractivity contribution >= 4 is 42.4 Å². The van der Waals surface area contributed by atoms with E-state index >= 15 is 0 Å². The first-order chi connectivity index (χ1) is 17.3. The normalized spacial score (nSPS) is 15.8. The minimum absolute atomic E-state index is 0.00202. The fourth-order valence-corrected chi connectivity index (χ4v) is 6.30. The average Bonchev–Trinajstić information content (AvgIpc) is 3.29. The van der Waals surface area contributed by atoms with Crippen molar-refractivity contribution in [3.8, 4) is 0 Å². The molecule has 3 aromatic rings. The standard InChI is InChI=1S/C26H32N2O6S2/c1-2-36(32,33)21-10-8-18(9-11-21)24(34-16-17-6-4-3-5-7-17)25(31)28-26-27-22-12-19(14-29)20(15-30)13-23(22)35-26/h8-13,17,24,29-30H,2-7,14-16H2,1H3,(H,27,28,31). The van der Waals surface area contributed by atoms with Crippen LogP contribution in [0.15, 0.2) is 41.3 Å². The Kier molecular flexibility index (Phi) is 8.74. The number of benzene rings is 2. The van der Waals surface area contributed by atoms with Crippen LogP contribution in [0.4, 0.5) is 5.13 Å². The summed E-state index contributed by atoms with van der Waals surface area (Å²) in [4.78, 5) is 18.1. The van der Waals surface area contributed by atoms with Gasteiger partial charge in [0.15, 0.2) is 21.1 Å². The summed E-state index contributed by atoms with van der Waals surface area (Å²) < 4.78 is 31.4. The van der Waals surface area contributed by atoms with E-state index in [2.05, 4.69) is 10.3 Å². The zero-order chi connectivity index (χ0) is 25.7. The van der Waals surface area contributed by atoms with Crippen LogP contribution in [0.5, 0.6) is 0 Å². The number of aliphatic hydroxyl groups is 2. The second kappa shape index (κ2) is 11.8. The van der Waals surface area contributed by atoms with Crippen LogP contribution in [0.25, 0.3) is 10.2 Å². The third-order valence-electron chi connectivity index (χ3n) is 6.66. The molecule has 0 bridgehead atoms. The van der Waals surface area contributed by atoms with E-state index in [0.717, 1.165) is 30.4 Å². The molecule has 1 atom stereocenters. The maximum Gasteiger partial charge on any atom is 0.259 e. The number of hydrogen-bond acceptors (Lipinski definition) is 8. The number of carbonyl (C=O) groups excluding carboxylic acids is 1.